The van der Waals surface area contributed by atoms with Crippen molar-refractivity contribution in [2.45, 2.75) is 20.0 Å². The summed E-state index contributed by atoms with van der Waals surface area (Å²) >= 11 is 0. The van der Waals surface area contributed by atoms with Crippen molar-refractivity contribution in [3.05, 3.63) is 18.2 Å². The van der Waals surface area contributed by atoms with Crippen LogP contribution in [-0.4, -0.2) is 28.5 Å². The van der Waals surface area contributed by atoms with E-state index in [0.29, 0.717) is 5.82 Å². The number of hydrogen-bond acceptors (Lipinski definition) is 3. The van der Waals surface area contributed by atoms with Gasteiger partial charge in [-0.1, -0.05) is 0 Å². The molecule has 0 aliphatic heterocycles. The van der Waals surface area contributed by atoms with E-state index < -0.39 is 0 Å². The van der Waals surface area contributed by atoms with E-state index in [2.05, 4.69) is 9.97 Å². The largest absolute Gasteiger partial charge is 0.371 e. The van der Waals surface area contributed by atoms with Crippen molar-refractivity contribution >= 4 is 5.78 Å². The van der Waals surface area contributed by atoms with Crippen molar-refractivity contribution in [2.24, 2.45) is 0 Å². The number of Topliss-reactive ketones (excluding diaryl/α,β-unsaturated/α-hetero) is 1. The third-order valence-electron chi connectivity index (χ3n) is 1.31. The Balaban J connectivity index is 2.40. The van der Waals surface area contributed by atoms with E-state index in [-0.39, 0.29) is 18.5 Å². The Bertz CT molecular complexity index is 242. The summed E-state index contributed by atoms with van der Waals surface area (Å²) in [5, 5.41) is 0. The molecule has 4 heteroatoms. The summed E-state index contributed by atoms with van der Waals surface area (Å²) in [6.07, 6.45) is 3.23. The lowest BCUT2D eigenvalue weighted by Crippen LogP contribution is -2.14. The summed E-state index contributed by atoms with van der Waals surface area (Å²) < 4.78 is 5.12. The van der Waals surface area contributed by atoms with Crippen molar-refractivity contribution in [2.75, 3.05) is 6.61 Å². The number of nitrogens with zero attached hydrogens (tertiary/aromatic N) is 1. The molecule has 0 radical (unpaired) electrons. The Labute approximate surface area is 71.0 Å². The molecule has 0 amide bonds. The van der Waals surface area contributed by atoms with Gasteiger partial charge in [-0.15, -0.1) is 0 Å². The molecule has 66 valence electrons. The van der Waals surface area contributed by atoms with Crippen molar-refractivity contribution in [3.8, 4) is 0 Å². The number of hydrogen-bond donors (Lipinski definition) is 1. The molecular weight excluding hydrogens is 156 g/mol. The minimum atomic E-state index is -0.117. The second-order valence-corrected chi connectivity index (χ2v) is 2.72. The highest BCUT2D eigenvalue weighted by Gasteiger charge is 2.08. The maximum absolute atomic E-state index is 11.2. The van der Waals surface area contributed by atoms with Gasteiger partial charge in [0, 0.05) is 12.4 Å². The topological polar surface area (TPSA) is 55.0 Å². The highest BCUT2D eigenvalue weighted by Crippen LogP contribution is 1.94. The number of carbonyl (C=O) groups is 1. The van der Waals surface area contributed by atoms with Crippen LogP contribution in [0.5, 0.6) is 0 Å². The Hall–Kier alpha value is -1.16. The highest BCUT2D eigenvalue weighted by atomic mass is 16.5. The van der Waals surface area contributed by atoms with Crippen LogP contribution in [-0.2, 0) is 4.74 Å². The Morgan fingerprint density at radius 2 is 2.50 bits per heavy atom. The lowest BCUT2D eigenvalue weighted by atomic mass is 10.4. The summed E-state index contributed by atoms with van der Waals surface area (Å²) in [6.45, 7) is 3.86. The number of aromatic nitrogens is 2. The van der Waals surface area contributed by atoms with Crippen LogP contribution in [0.15, 0.2) is 12.4 Å². The number of imidazole rings is 1. The standard InChI is InChI=1S/C8H12N2O2/c1-6(2)12-5-7(11)8-9-3-4-10-8/h3-4,6H,5H2,1-2H3,(H,9,10). The fourth-order valence-corrected chi connectivity index (χ4v) is 0.728. The quantitative estimate of drug-likeness (QED) is 0.683. The molecule has 0 saturated carbocycles. The Kier molecular flexibility index (Phi) is 2.99. The number of ether oxygens (including phenoxy) is 1. The average molecular weight is 168 g/mol. The third-order valence-corrected chi connectivity index (χ3v) is 1.31. The number of ketones is 1. The predicted molar refractivity (Wildman–Crippen MR) is 44.0 cm³/mol. The van der Waals surface area contributed by atoms with E-state index in [1.54, 1.807) is 12.4 Å². The fraction of sp³-hybridized carbons (Fsp3) is 0.500. The molecule has 1 heterocycles. The van der Waals surface area contributed by atoms with E-state index in [0.717, 1.165) is 0 Å². The van der Waals surface area contributed by atoms with Crippen LogP contribution in [0.2, 0.25) is 0 Å². The second-order valence-electron chi connectivity index (χ2n) is 2.72. The third kappa shape index (κ3) is 2.47. The van der Waals surface area contributed by atoms with E-state index in [9.17, 15) is 4.79 Å². The number of H-pyrrole nitrogens is 1. The van der Waals surface area contributed by atoms with Gasteiger partial charge in [0.1, 0.15) is 6.61 Å². The van der Waals surface area contributed by atoms with Crippen LogP contribution in [0.25, 0.3) is 0 Å². The van der Waals surface area contributed by atoms with Gasteiger partial charge in [-0.3, -0.25) is 4.79 Å². The lowest BCUT2D eigenvalue weighted by Gasteiger charge is -2.04. The molecule has 0 unspecified atom stereocenters. The lowest BCUT2D eigenvalue weighted by molar-refractivity contribution is 0.0577. The molecule has 0 saturated heterocycles. The molecule has 0 fully saturated rings. The van der Waals surface area contributed by atoms with E-state index >= 15 is 0 Å². The van der Waals surface area contributed by atoms with Crippen molar-refractivity contribution in [3.63, 3.8) is 0 Å². The normalized spacial score (nSPS) is 10.6. The molecule has 12 heavy (non-hydrogen) atoms. The molecule has 0 atom stereocenters. The zero-order valence-electron chi connectivity index (χ0n) is 7.20. The zero-order valence-corrected chi connectivity index (χ0v) is 7.20. The van der Waals surface area contributed by atoms with Crippen LogP contribution >= 0.6 is 0 Å². The van der Waals surface area contributed by atoms with E-state index in [4.69, 9.17) is 4.74 Å². The first kappa shape index (κ1) is 8.93. The van der Waals surface area contributed by atoms with Gasteiger partial charge in [0.25, 0.3) is 0 Å². The Morgan fingerprint density at radius 1 is 1.75 bits per heavy atom. The minimum absolute atomic E-state index is 0.0731. The molecule has 1 aromatic heterocycles. The van der Waals surface area contributed by atoms with Crippen molar-refractivity contribution in [1.29, 1.82) is 0 Å². The van der Waals surface area contributed by atoms with Gasteiger partial charge in [-0.2, -0.15) is 0 Å². The van der Waals surface area contributed by atoms with Crippen LogP contribution in [0.3, 0.4) is 0 Å². The molecule has 1 rings (SSSR count). The first-order valence-electron chi connectivity index (χ1n) is 3.84. The van der Waals surface area contributed by atoms with Crippen LogP contribution in [0.1, 0.15) is 24.5 Å². The van der Waals surface area contributed by atoms with Gasteiger partial charge >= 0.3 is 0 Å². The summed E-state index contributed by atoms with van der Waals surface area (Å²) in [4.78, 5) is 17.7. The maximum Gasteiger partial charge on any atom is 0.223 e. The zero-order chi connectivity index (χ0) is 8.97. The molecule has 0 bridgehead atoms. The first-order valence-corrected chi connectivity index (χ1v) is 3.84. The molecule has 0 aromatic carbocycles. The molecule has 4 nitrogen and oxygen atoms in total. The Morgan fingerprint density at radius 3 is 3.00 bits per heavy atom. The number of rotatable bonds is 4. The first-order chi connectivity index (χ1) is 5.70. The monoisotopic (exact) mass is 168 g/mol. The predicted octanol–water partition coefficient (Wildman–Crippen LogP) is 1.02. The van der Waals surface area contributed by atoms with E-state index in [1.807, 2.05) is 13.8 Å². The van der Waals surface area contributed by atoms with Crippen LogP contribution in [0.4, 0.5) is 0 Å². The summed E-state index contributed by atoms with van der Waals surface area (Å²) in [7, 11) is 0. The van der Waals surface area contributed by atoms with Crippen LogP contribution < -0.4 is 0 Å². The molecule has 1 N–H and O–H groups in total. The number of carbonyl (C=O) groups excluding carboxylic acids is 1. The van der Waals surface area contributed by atoms with Gasteiger partial charge in [0.05, 0.1) is 6.10 Å². The van der Waals surface area contributed by atoms with Crippen molar-refractivity contribution < 1.29 is 9.53 Å². The molecular formula is C8H12N2O2. The van der Waals surface area contributed by atoms with Gasteiger partial charge in [0.2, 0.25) is 5.78 Å². The van der Waals surface area contributed by atoms with Crippen molar-refractivity contribution in [1.82, 2.24) is 9.97 Å². The van der Waals surface area contributed by atoms with Crippen LogP contribution in [0, 0.1) is 0 Å². The minimum Gasteiger partial charge on any atom is -0.371 e. The molecule has 0 aliphatic rings. The maximum atomic E-state index is 11.2. The number of nitrogens with one attached hydrogen (secondary N) is 1. The second kappa shape index (κ2) is 4.01. The van der Waals surface area contributed by atoms with Gasteiger partial charge in [-0.05, 0) is 13.8 Å². The smallest absolute Gasteiger partial charge is 0.223 e. The summed E-state index contributed by atoms with van der Waals surface area (Å²) in [5.41, 5.74) is 0. The molecule has 0 aliphatic carbocycles. The summed E-state index contributed by atoms with van der Waals surface area (Å²) in [5.74, 6) is 0.240. The van der Waals surface area contributed by atoms with Gasteiger partial charge in [-0.25, -0.2) is 4.98 Å². The molecule has 1 aromatic rings. The van der Waals surface area contributed by atoms with E-state index in [1.165, 1.54) is 0 Å². The van der Waals surface area contributed by atoms with Gasteiger partial charge in [0.15, 0.2) is 5.82 Å². The molecule has 0 spiro atoms. The SMILES string of the molecule is CC(C)OCC(=O)c1ncc[nH]1. The van der Waals surface area contributed by atoms with Gasteiger partial charge < -0.3 is 9.72 Å². The number of aromatic amines is 1. The fourth-order valence-electron chi connectivity index (χ4n) is 0.728. The average Bonchev–Trinajstić information content (AvgIpc) is 2.51. The summed E-state index contributed by atoms with van der Waals surface area (Å²) in [6, 6.07) is 0. The highest BCUT2D eigenvalue weighted by molar-refractivity contribution is 5.93.